The van der Waals surface area contributed by atoms with Gasteiger partial charge in [0, 0.05) is 12.5 Å². The van der Waals surface area contributed by atoms with Crippen LogP contribution in [0.15, 0.2) is 24.3 Å². The Hall–Kier alpha value is -1.55. The maximum absolute atomic E-state index is 11.8. The van der Waals surface area contributed by atoms with Gasteiger partial charge in [0.2, 0.25) is 0 Å². The fourth-order valence-corrected chi connectivity index (χ4v) is 2.07. The third-order valence-corrected chi connectivity index (χ3v) is 3.17. The number of nitrogens with one attached hydrogen (secondary N) is 1. The van der Waals surface area contributed by atoms with Crippen molar-refractivity contribution in [2.45, 2.75) is 12.8 Å². The monoisotopic (exact) mass is 249 g/mol. The van der Waals surface area contributed by atoms with E-state index in [1.807, 2.05) is 0 Å². The number of hydrogen-bond donors (Lipinski definition) is 1. The van der Waals surface area contributed by atoms with Crippen molar-refractivity contribution >= 4 is 5.97 Å². The normalized spacial score (nSPS) is 19.3. The van der Waals surface area contributed by atoms with Crippen molar-refractivity contribution < 1.29 is 14.3 Å². The molecule has 0 saturated carbocycles. The van der Waals surface area contributed by atoms with Crippen LogP contribution < -0.4 is 10.1 Å². The standard InChI is InChI=1S/C14H19NO3/c1-17-13-6-4-12(5-7-13)14(16)18-10-11-3-2-8-15-9-11/h4-7,11,15H,2-3,8-10H2,1H3/t11-/m0/s1. The van der Waals surface area contributed by atoms with Gasteiger partial charge in [0.15, 0.2) is 0 Å². The molecule has 0 unspecified atom stereocenters. The van der Waals surface area contributed by atoms with E-state index in [9.17, 15) is 4.79 Å². The summed E-state index contributed by atoms with van der Waals surface area (Å²) < 4.78 is 10.4. The van der Waals surface area contributed by atoms with Gasteiger partial charge in [0.05, 0.1) is 19.3 Å². The molecule has 4 heteroatoms. The lowest BCUT2D eigenvalue weighted by molar-refractivity contribution is 0.0421. The highest BCUT2D eigenvalue weighted by Gasteiger charge is 2.15. The number of piperidine rings is 1. The lowest BCUT2D eigenvalue weighted by atomic mass is 10.0. The summed E-state index contributed by atoms with van der Waals surface area (Å²) in [7, 11) is 1.60. The number of ether oxygens (including phenoxy) is 2. The van der Waals surface area contributed by atoms with E-state index < -0.39 is 0 Å². The van der Waals surface area contributed by atoms with Crippen LogP contribution in [0.2, 0.25) is 0 Å². The van der Waals surface area contributed by atoms with Crippen molar-refractivity contribution in [1.29, 1.82) is 0 Å². The molecule has 1 N–H and O–H groups in total. The lowest BCUT2D eigenvalue weighted by Gasteiger charge is -2.22. The topological polar surface area (TPSA) is 47.6 Å². The average Bonchev–Trinajstić information content (AvgIpc) is 2.46. The van der Waals surface area contributed by atoms with E-state index in [0.29, 0.717) is 18.1 Å². The van der Waals surface area contributed by atoms with Crippen LogP contribution in [0.25, 0.3) is 0 Å². The van der Waals surface area contributed by atoms with Gasteiger partial charge in [-0.2, -0.15) is 0 Å². The zero-order valence-electron chi connectivity index (χ0n) is 10.6. The quantitative estimate of drug-likeness (QED) is 0.827. The van der Waals surface area contributed by atoms with Crippen molar-refractivity contribution in [3.63, 3.8) is 0 Å². The number of benzene rings is 1. The van der Waals surface area contributed by atoms with Crippen LogP contribution in [0.5, 0.6) is 5.75 Å². The Morgan fingerprint density at radius 1 is 1.39 bits per heavy atom. The molecule has 0 amide bonds. The second-order valence-electron chi connectivity index (χ2n) is 4.54. The summed E-state index contributed by atoms with van der Waals surface area (Å²) in [6.45, 7) is 2.51. The molecule has 18 heavy (non-hydrogen) atoms. The van der Waals surface area contributed by atoms with Crippen molar-refractivity contribution in [3.05, 3.63) is 29.8 Å². The van der Waals surface area contributed by atoms with Gasteiger partial charge in [-0.25, -0.2) is 4.79 Å². The van der Waals surface area contributed by atoms with E-state index in [1.165, 1.54) is 0 Å². The molecule has 1 fully saturated rings. The Morgan fingerprint density at radius 3 is 2.78 bits per heavy atom. The molecular weight excluding hydrogens is 230 g/mol. The molecule has 1 aliphatic heterocycles. The maximum atomic E-state index is 11.8. The van der Waals surface area contributed by atoms with Gasteiger partial charge in [-0.1, -0.05) is 0 Å². The maximum Gasteiger partial charge on any atom is 0.338 e. The third kappa shape index (κ3) is 3.47. The highest BCUT2D eigenvalue weighted by Crippen LogP contribution is 2.14. The summed E-state index contributed by atoms with van der Waals surface area (Å²) in [5, 5.41) is 3.31. The molecule has 2 rings (SSSR count). The summed E-state index contributed by atoms with van der Waals surface area (Å²) in [6, 6.07) is 6.97. The average molecular weight is 249 g/mol. The molecule has 1 atom stereocenters. The van der Waals surface area contributed by atoms with Gasteiger partial charge < -0.3 is 14.8 Å². The van der Waals surface area contributed by atoms with Crippen molar-refractivity contribution in [2.75, 3.05) is 26.8 Å². The molecule has 1 heterocycles. The van der Waals surface area contributed by atoms with Gasteiger partial charge in [0.1, 0.15) is 5.75 Å². The highest BCUT2D eigenvalue weighted by molar-refractivity contribution is 5.89. The summed E-state index contributed by atoms with van der Waals surface area (Å²) in [5.41, 5.74) is 0.569. The Labute approximate surface area is 107 Å². The number of hydrogen-bond acceptors (Lipinski definition) is 4. The minimum absolute atomic E-state index is 0.261. The predicted octanol–water partition coefficient (Wildman–Crippen LogP) is 1.85. The molecule has 4 nitrogen and oxygen atoms in total. The van der Waals surface area contributed by atoms with E-state index in [2.05, 4.69) is 5.32 Å². The van der Waals surface area contributed by atoms with Gasteiger partial charge in [0.25, 0.3) is 0 Å². The van der Waals surface area contributed by atoms with Crippen LogP contribution in [0.3, 0.4) is 0 Å². The van der Waals surface area contributed by atoms with Crippen molar-refractivity contribution in [1.82, 2.24) is 5.32 Å². The van der Waals surface area contributed by atoms with Gasteiger partial charge in [-0.15, -0.1) is 0 Å². The predicted molar refractivity (Wildman–Crippen MR) is 68.9 cm³/mol. The Kier molecular flexibility index (Phi) is 4.59. The molecule has 0 aliphatic carbocycles. The molecule has 1 saturated heterocycles. The summed E-state index contributed by atoms with van der Waals surface area (Å²) in [5.74, 6) is 0.923. The fourth-order valence-electron chi connectivity index (χ4n) is 2.07. The van der Waals surface area contributed by atoms with Crippen molar-refractivity contribution in [3.8, 4) is 5.75 Å². The number of carbonyl (C=O) groups is 1. The first-order chi connectivity index (χ1) is 8.79. The number of rotatable bonds is 4. The first kappa shape index (κ1) is 12.9. The second kappa shape index (κ2) is 6.40. The van der Waals surface area contributed by atoms with Crippen LogP contribution in [0, 0.1) is 5.92 Å². The molecule has 0 bridgehead atoms. The zero-order valence-corrected chi connectivity index (χ0v) is 10.6. The van der Waals surface area contributed by atoms with E-state index >= 15 is 0 Å². The third-order valence-electron chi connectivity index (χ3n) is 3.17. The molecular formula is C14H19NO3. The summed E-state index contributed by atoms with van der Waals surface area (Å²) >= 11 is 0. The van der Waals surface area contributed by atoms with E-state index in [-0.39, 0.29) is 5.97 Å². The van der Waals surface area contributed by atoms with Crippen LogP contribution in [-0.4, -0.2) is 32.8 Å². The first-order valence-corrected chi connectivity index (χ1v) is 6.31. The van der Waals surface area contributed by atoms with Gasteiger partial charge in [-0.05, 0) is 43.7 Å². The van der Waals surface area contributed by atoms with Gasteiger partial charge >= 0.3 is 5.97 Å². The second-order valence-corrected chi connectivity index (χ2v) is 4.54. The van der Waals surface area contributed by atoms with E-state index in [0.717, 1.165) is 31.7 Å². The molecule has 1 aromatic rings. The smallest absolute Gasteiger partial charge is 0.338 e. The Morgan fingerprint density at radius 2 is 2.17 bits per heavy atom. The van der Waals surface area contributed by atoms with Crippen molar-refractivity contribution in [2.24, 2.45) is 5.92 Å². The summed E-state index contributed by atoms with van der Waals surface area (Å²) in [4.78, 5) is 11.8. The number of esters is 1. The van der Waals surface area contributed by atoms with Crippen LogP contribution >= 0.6 is 0 Å². The minimum atomic E-state index is -0.261. The zero-order chi connectivity index (χ0) is 12.8. The van der Waals surface area contributed by atoms with E-state index in [1.54, 1.807) is 31.4 Å². The molecule has 1 aromatic carbocycles. The van der Waals surface area contributed by atoms with Crippen LogP contribution in [-0.2, 0) is 4.74 Å². The molecule has 98 valence electrons. The van der Waals surface area contributed by atoms with Crippen LogP contribution in [0.1, 0.15) is 23.2 Å². The molecule has 0 aromatic heterocycles. The number of methoxy groups -OCH3 is 1. The number of carbonyl (C=O) groups excluding carboxylic acids is 1. The molecule has 0 spiro atoms. The minimum Gasteiger partial charge on any atom is -0.497 e. The van der Waals surface area contributed by atoms with Crippen LogP contribution in [0.4, 0.5) is 0 Å². The SMILES string of the molecule is COc1ccc(C(=O)OC[C@H]2CCCNC2)cc1. The van der Waals surface area contributed by atoms with Gasteiger partial charge in [-0.3, -0.25) is 0 Å². The Balaban J connectivity index is 1.82. The first-order valence-electron chi connectivity index (χ1n) is 6.31. The molecule has 0 radical (unpaired) electrons. The lowest BCUT2D eigenvalue weighted by Crippen LogP contribution is -2.32. The Bertz CT molecular complexity index is 383. The largest absolute Gasteiger partial charge is 0.497 e. The highest BCUT2D eigenvalue weighted by atomic mass is 16.5. The molecule has 1 aliphatic rings. The van der Waals surface area contributed by atoms with E-state index in [4.69, 9.17) is 9.47 Å². The fraction of sp³-hybridized carbons (Fsp3) is 0.500. The summed E-state index contributed by atoms with van der Waals surface area (Å²) in [6.07, 6.45) is 2.29.